The van der Waals surface area contributed by atoms with Crippen LogP contribution in [0.3, 0.4) is 0 Å². The van der Waals surface area contributed by atoms with Gasteiger partial charge in [-0.05, 0) is 0 Å². The van der Waals surface area contributed by atoms with Crippen molar-refractivity contribution in [1.82, 2.24) is 9.80 Å². The molecule has 0 spiro atoms. The molecule has 0 aromatic rings. The van der Waals surface area contributed by atoms with Crippen molar-refractivity contribution in [2.45, 2.75) is 6.42 Å². The molecule has 1 fully saturated rings. The first-order valence-electron chi connectivity index (χ1n) is 3.85. The van der Waals surface area contributed by atoms with Crippen LogP contribution in [0.15, 0.2) is 4.99 Å². The van der Waals surface area contributed by atoms with Gasteiger partial charge in [-0.25, -0.2) is 0 Å². The lowest BCUT2D eigenvalue weighted by atomic mass is 10.3. The topological polar surface area (TPSA) is 35.9 Å². The third kappa shape index (κ3) is 0.895. The van der Waals surface area contributed by atoms with Gasteiger partial charge in [0.25, 0.3) is 0 Å². The number of rotatable bonds is 0. The summed E-state index contributed by atoms with van der Waals surface area (Å²) in [7, 11) is 1.79. The fourth-order valence-corrected chi connectivity index (χ4v) is 1.51. The van der Waals surface area contributed by atoms with E-state index < -0.39 is 0 Å². The van der Waals surface area contributed by atoms with E-state index in [2.05, 4.69) is 9.89 Å². The van der Waals surface area contributed by atoms with E-state index in [1.54, 1.807) is 11.9 Å². The summed E-state index contributed by atoms with van der Waals surface area (Å²) in [5, 5.41) is 0. The van der Waals surface area contributed by atoms with Crippen LogP contribution in [0.1, 0.15) is 6.42 Å². The second kappa shape index (κ2) is 2.22. The molecular formula is C7H11N3O. The monoisotopic (exact) mass is 153 g/mol. The second-order valence-corrected chi connectivity index (χ2v) is 2.87. The molecule has 1 amide bonds. The van der Waals surface area contributed by atoms with Crippen LogP contribution in [0.25, 0.3) is 0 Å². The summed E-state index contributed by atoms with van der Waals surface area (Å²) < 4.78 is 0. The lowest BCUT2D eigenvalue weighted by Gasteiger charge is -2.31. The molecule has 2 aliphatic heterocycles. The molecule has 2 aliphatic rings. The van der Waals surface area contributed by atoms with Crippen LogP contribution in [0, 0.1) is 0 Å². The van der Waals surface area contributed by atoms with Crippen LogP contribution in [0.2, 0.25) is 0 Å². The lowest BCUT2D eigenvalue weighted by molar-refractivity contribution is -0.128. The standard InChI is InChI=1S/C7H11N3O/c1-9-6(11)2-4-10-5-3-8-7(9)10/h2-5H2,1H3. The number of carbonyl (C=O) groups is 1. The van der Waals surface area contributed by atoms with Crippen molar-refractivity contribution < 1.29 is 4.79 Å². The Hall–Kier alpha value is -1.06. The minimum absolute atomic E-state index is 0.182. The molecule has 11 heavy (non-hydrogen) atoms. The molecule has 4 nitrogen and oxygen atoms in total. The van der Waals surface area contributed by atoms with Gasteiger partial charge in [-0.2, -0.15) is 0 Å². The van der Waals surface area contributed by atoms with Gasteiger partial charge in [0.1, 0.15) is 0 Å². The van der Waals surface area contributed by atoms with Crippen LogP contribution < -0.4 is 0 Å². The number of hydrogen-bond acceptors (Lipinski definition) is 3. The zero-order valence-electron chi connectivity index (χ0n) is 6.58. The fraction of sp³-hybridized carbons (Fsp3) is 0.714. The van der Waals surface area contributed by atoms with E-state index >= 15 is 0 Å². The number of guanidine groups is 1. The van der Waals surface area contributed by atoms with Crippen molar-refractivity contribution in [3.05, 3.63) is 0 Å². The van der Waals surface area contributed by atoms with Crippen LogP contribution in [-0.2, 0) is 4.79 Å². The average Bonchev–Trinajstić information content (AvgIpc) is 2.45. The van der Waals surface area contributed by atoms with Crippen LogP contribution >= 0.6 is 0 Å². The molecule has 0 N–H and O–H groups in total. The third-order valence-electron chi connectivity index (χ3n) is 2.18. The zero-order valence-corrected chi connectivity index (χ0v) is 6.58. The van der Waals surface area contributed by atoms with E-state index in [9.17, 15) is 4.79 Å². The number of nitrogens with zero attached hydrogens (tertiary/aromatic N) is 3. The van der Waals surface area contributed by atoms with Crippen LogP contribution in [-0.4, -0.2) is 48.3 Å². The first kappa shape index (κ1) is 6.64. The number of carbonyl (C=O) groups excluding carboxylic acids is 1. The number of fused-ring (bicyclic) bond motifs is 1. The maximum Gasteiger partial charge on any atom is 0.230 e. The Morgan fingerprint density at radius 1 is 1.45 bits per heavy atom. The molecule has 2 heterocycles. The highest BCUT2D eigenvalue weighted by Crippen LogP contribution is 2.12. The molecular weight excluding hydrogens is 142 g/mol. The molecule has 0 radical (unpaired) electrons. The van der Waals surface area contributed by atoms with Crippen molar-refractivity contribution in [2.75, 3.05) is 26.7 Å². The van der Waals surface area contributed by atoms with Crippen molar-refractivity contribution in [2.24, 2.45) is 4.99 Å². The number of amides is 1. The van der Waals surface area contributed by atoms with Gasteiger partial charge in [0, 0.05) is 26.6 Å². The Balaban J connectivity index is 2.23. The molecule has 2 rings (SSSR count). The molecule has 0 atom stereocenters. The van der Waals surface area contributed by atoms with E-state index in [-0.39, 0.29) is 5.91 Å². The summed E-state index contributed by atoms with van der Waals surface area (Å²) in [6, 6.07) is 0. The van der Waals surface area contributed by atoms with Crippen molar-refractivity contribution in [3.8, 4) is 0 Å². The normalized spacial score (nSPS) is 23.7. The van der Waals surface area contributed by atoms with E-state index in [0.717, 1.165) is 25.6 Å². The summed E-state index contributed by atoms with van der Waals surface area (Å²) in [6.45, 7) is 2.67. The predicted molar refractivity (Wildman–Crippen MR) is 41.3 cm³/mol. The van der Waals surface area contributed by atoms with Gasteiger partial charge in [0.15, 0.2) is 0 Å². The van der Waals surface area contributed by atoms with E-state index in [4.69, 9.17) is 0 Å². The van der Waals surface area contributed by atoms with Gasteiger partial charge in [-0.1, -0.05) is 0 Å². The SMILES string of the molecule is CN1C(=O)CCN2CCN=C21. The highest BCUT2D eigenvalue weighted by Gasteiger charge is 2.29. The number of hydrogen-bond donors (Lipinski definition) is 0. The zero-order chi connectivity index (χ0) is 7.84. The minimum Gasteiger partial charge on any atom is -0.340 e. The van der Waals surface area contributed by atoms with Gasteiger partial charge in [-0.15, -0.1) is 0 Å². The van der Waals surface area contributed by atoms with Gasteiger partial charge in [-0.3, -0.25) is 14.7 Å². The Labute approximate surface area is 65.5 Å². The summed E-state index contributed by atoms with van der Waals surface area (Å²) in [4.78, 5) is 19.2. The molecule has 0 saturated carbocycles. The minimum atomic E-state index is 0.182. The molecule has 0 bridgehead atoms. The number of aliphatic imine (C=N–C) groups is 1. The molecule has 0 aliphatic carbocycles. The lowest BCUT2D eigenvalue weighted by Crippen LogP contribution is -2.49. The highest BCUT2D eigenvalue weighted by atomic mass is 16.2. The fourth-order valence-electron chi connectivity index (χ4n) is 1.51. The van der Waals surface area contributed by atoms with Gasteiger partial charge >= 0.3 is 0 Å². The smallest absolute Gasteiger partial charge is 0.230 e. The maximum atomic E-state index is 11.2. The summed E-state index contributed by atoms with van der Waals surface area (Å²) >= 11 is 0. The average molecular weight is 153 g/mol. The van der Waals surface area contributed by atoms with Crippen LogP contribution in [0.4, 0.5) is 0 Å². The van der Waals surface area contributed by atoms with E-state index in [0.29, 0.717) is 6.42 Å². The second-order valence-electron chi connectivity index (χ2n) is 2.87. The summed E-state index contributed by atoms with van der Waals surface area (Å²) in [6.07, 6.45) is 0.634. The molecule has 0 unspecified atom stereocenters. The molecule has 0 aromatic carbocycles. The Morgan fingerprint density at radius 3 is 3.09 bits per heavy atom. The van der Waals surface area contributed by atoms with E-state index in [1.165, 1.54) is 0 Å². The molecule has 0 aromatic heterocycles. The van der Waals surface area contributed by atoms with Gasteiger partial charge < -0.3 is 4.90 Å². The largest absolute Gasteiger partial charge is 0.340 e. The Bertz CT molecular complexity index is 224. The van der Waals surface area contributed by atoms with E-state index in [1.807, 2.05) is 0 Å². The van der Waals surface area contributed by atoms with Gasteiger partial charge in [0.05, 0.1) is 6.54 Å². The van der Waals surface area contributed by atoms with Crippen LogP contribution in [0.5, 0.6) is 0 Å². The highest BCUT2D eigenvalue weighted by molar-refractivity contribution is 5.99. The quantitative estimate of drug-likeness (QED) is 0.471. The van der Waals surface area contributed by atoms with Crippen molar-refractivity contribution >= 4 is 11.9 Å². The first-order valence-corrected chi connectivity index (χ1v) is 3.85. The first-order chi connectivity index (χ1) is 5.29. The predicted octanol–water partition coefficient (Wildman–Crippen LogP) is -0.480. The Kier molecular flexibility index (Phi) is 1.34. The van der Waals surface area contributed by atoms with Gasteiger partial charge in [0.2, 0.25) is 11.9 Å². The van der Waals surface area contributed by atoms with Crippen molar-refractivity contribution in [1.29, 1.82) is 0 Å². The van der Waals surface area contributed by atoms with Crippen molar-refractivity contribution in [3.63, 3.8) is 0 Å². The summed E-state index contributed by atoms with van der Waals surface area (Å²) in [5.41, 5.74) is 0. The molecule has 4 heteroatoms. The Morgan fingerprint density at radius 2 is 2.27 bits per heavy atom. The molecule has 60 valence electrons. The molecule has 1 saturated heterocycles. The third-order valence-corrected chi connectivity index (χ3v) is 2.18. The maximum absolute atomic E-state index is 11.2. The summed E-state index contributed by atoms with van der Waals surface area (Å²) in [5.74, 6) is 1.04.